The van der Waals surface area contributed by atoms with Crippen molar-refractivity contribution >= 4 is 12.0 Å². The number of aromatic nitrogens is 4. The topological polar surface area (TPSA) is 97.5 Å². The number of carbonyl (C=O) groups is 1. The Kier molecular flexibility index (Phi) is 6.08. The molecule has 1 heterocycles. The van der Waals surface area contributed by atoms with Crippen molar-refractivity contribution in [3.8, 4) is 17.2 Å². The van der Waals surface area contributed by atoms with Gasteiger partial charge in [-0.15, -0.1) is 0 Å². The van der Waals surface area contributed by atoms with Crippen LogP contribution in [0.5, 0.6) is 11.5 Å². The van der Waals surface area contributed by atoms with Gasteiger partial charge in [-0.1, -0.05) is 12.1 Å². The lowest BCUT2D eigenvalue weighted by Gasteiger charge is -2.06. The minimum Gasteiger partial charge on any atom is -0.497 e. The van der Waals surface area contributed by atoms with Gasteiger partial charge < -0.3 is 14.2 Å². The van der Waals surface area contributed by atoms with Crippen LogP contribution in [0.1, 0.15) is 5.56 Å². The highest BCUT2D eigenvalue weighted by Crippen LogP contribution is 2.16. The molecule has 0 spiro atoms. The molecule has 0 aliphatic rings. The number of hydrogen-bond acceptors (Lipinski definition) is 7. The lowest BCUT2D eigenvalue weighted by Crippen LogP contribution is -2.26. The highest BCUT2D eigenvalue weighted by molar-refractivity contribution is 5.93. The van der Waals surface area contributed by atoms with Crippen molar-refractivity contribution < 1.29 is 19.0 Å². The molecule has 9 nitrogen and oxygen atoms in total. The van der Waals surface area contributed by atoms with E-state index in [2.05, 4.69) is 10.4 Å². The zero-order chi connectivity index (χ0) is 20.8. The van der Waals surface area contributed by atoms with Crippen molar-refractivity contribution in [1.82, 2.24) is 19.8 Å². The molecular weight excluding hydrogens is 376 g/mol. The van der Waals surface area contributed by atoms with Crippen molar-refractivity contribution in [2.24, 2.45) is 0 Å². The second kappa shape index (κ2) is 8.87. The maximum atomic E-state index is 12.7. The summed E-state index contributed by atoms with van der Waals surface area (Å²) in [5, 5.41) is 7.77. The summed E-state index contributed by atoms with van der Waals surface area (Å²) in [6.45, 7) is -0.0896. The van der Waals surface area contributed by atoms with E-state index in [0.29, 0.717) is 17.2 Å². The molecule has 0 saturated carbocycles. The van der Waals surface area contributed by atoms with Crippen LogP contribution >= 0.6 is 0 Å². The van der Waals surface area contributed by atoms with Crippen LogP contribution in [-0.4, -0.2) is 47.1 Å². The van der Waals surface area contributed by atoms with Gasteiger partial charge in [0.15, 0.2) is 0 Å². The number of tetrazole rings is 1. The molecular formula is C20H20N4O5. The number of hydrogen-bond donors (Lipinski definition) is 0. The minimum atomic E-state index is -0.563. The number of nitrogens with zero attached hydrogens (tertiary/aromatic N) is 4. The maximum absolute atomic E-state index is 12.7. The molecule has 29 heavy (non-hydrogen) atoms. The molecule has 150 valence electrons. The van der Waals surface area contributed by atoms with Crippen molar-refractivity contribution in [3.63, 3.8) is 0 Å². The summed E-state index contributed by atoms with van der Waals surface area (Å²) < 4.78 is 17.3. The zero-order valence-corrected chi connectivity index (χ0v) is 16.2. The summed E-state index contributed by atoms with van der Waals surface area (Å²) in [6.07, 6.45) is 1.63. The standard InChI is InChI=1S/C20H20N4O5/c1-27-17-8-4-14(5-9-17)12-15(19(25)29-3)13-23-20(26)24(22-21-23)16-6-10-18(28-2)11-7-16/h4-12H,13H2,1-3H3/b15-12+. The number of ether oxygens (including phenoxy) is 3. The monoisotopic (exact) mass is 396 g/mol. The summed E-state index contributed by atoms with van der Waals surface area (Å²) in [5.41, 5.74) is 1.05. The molecule has 3 rings (SSSR count). The van der Waals surface area contributed by atoms with Gasteiger partial charge in [-0.05, 0) is 58.5 Å². The van der Waals surface area contributed by atoms with Gasteiger partial charge in [0.1, 0.15) is 11.5 Å². The smallest absolute Gasteiger partial charge is 0.368 e. The highest BCUT2D eigenvalue weighted by Gasteiger charge is 2.16. The highest BCUT2D eigenvalue weighted by atomic mass is 16.5. The lowest BCUT2D eigenvalue weighted by atomic mass is 10.1. The summed E-state index contributed by atoms with van der Waals surface area (Å²) in [7, 11) is 4.41. The summed E-state index contributed by atoms with van der Waals surface area (Å²) in [6, 6.07) is 13.9. The second-order valence-corrected chi connectivity index (χ2v) is 5.96. The molecule has 0 fully saturated rings. The SMILES string of the molecule is COC(=O)/C(=C/c1ccc(OC)cc1)Cn1nnn(-c2ccc(OC)cc2)c1=O. The first kappa shape index (κ1) is 19.9. The third-order valence-corrected chi connectivity index (χ3v) is 4.18. The van der Waals surface area contributed by atoms with Crippen molar-refractivity contribution in [1.29, 1.82) is 0 Å². The Balaban J connectivity index is 1.90. The van der Waals surface area contributed by atoms with Gasteiger partial charge >= 0.3 is 11.7 Å². The number of benzene rings is 2. The number of carbonyl (C=O) groups excluding carboxylic acids is 1. The van der Waals surface area contributed by atoms with Crippen LogP contribution in [0.25, 0.3) is 11.8 Å². The molecule has 0 saturated heterocycles. The van der Waals surface area contributed by atoms with Gasteiger partial charge in [0, 0.05) is 0 Å². The van der Waals surface area contributed by atoms with Crippen LogP contribution in [0, 0.1) is 0 Å². The third kappa shape index (κ3) is 4.52. The summed E-state index contributed by atoms with van der Waals surface area (Å²) in [5.74, 6) is 0.789. The lowest BCUT2D eigenvalue weighted by molar-refractivity contribution is -0.136. The van der Waals surface area contributed by atoms with E-state index in [-0.39, 0.29) is 12.1 Å². The Hall–Kier alpha value is -3.88. The average molecular weight is 396 g/mol. The minimum absolute atomic E-state index is 0.0896. The van der Waals surface area contributed by atoms with Gasteiger partial charge in [-0.2, -0.15) is 9.36 Å². The Bertz CT molecular complexity index is 1070. The molecule has 1 aromatic heterocycles. The fourth-order valence-corrected chi connectivity index (χ4v) is 2.62. The average Bonchev–Trinajstić information content (AvgIpc) is 3.13. The van der Waals surface area contributed by atoms with E-state index in [4.69, 9.17) is 14.2 Å². The van der Waals surface area contributed by atoms with Gasteiger partial charge in [0.25, 0.3) is 0 Å². The molecule has 0 atom stereocenters. The zero-order valence-electron chi connectivity index (χ0n) is 16.2. The van der Waals surface area contributed by atoms with E-state index >= 15 is 0 Å². The van der Waals surface area contributed by atoms with E-state index in [9.17, 15) is 9.59 Å². The predicted molar refractivity (Wildman–Crippen MR) is 105 cm³/mol. The van der Waals surface area contributed by atoms with Gasteiger partial charge in [-0.25, -0.2) is 9.59 Å². The molecule has 0 N–H and O–H groups in total. The Morgan fingerprint density at radius 3 is 2.07 bits per heavy atom. The Morgan fingerprint density at radius 2 is 1.52 bits per heavy atom. The Morgan fingerprint density at radius 1 is 0.931 bits per heavy atom. The van der Waals surface area contributed by atoms with E-state index in [1.54, 1.807) is 68.8 Å². The van der Waals surface area contributed by atoms with Gasteiger partial charge in [0.2, 0.25) is 0 Å². The number of esters is 1. The van der Waals surface area contributed by atoms with Crippen LogP contribution in [0.4, 0.5) is 0 Å². The molecule has 0 aliphatic heterocycles. The Labute approximate surface area is 166 Å². The van der Waals surface area contributed by atoms with Crippen LogP contribution < -0.4 is 15.2 Å². The van der Waals surface area contributed by atoms with E-state index in [1.807, 2.05) is 0 Å². The fourth-order valence-electron chi connectivity index (χ4n) is 2.62. The summed E-state index contributed by atoms with van der Waals surface area (Å²) in [4.78, 5) is 24.9. The molecule has 0 aliphatic carbocycles. The van der Waals surface area contributed by atoms with E-state index in [0.717, 1.165) is 14.9 Å². The quantitative estimate of drug-likeness (QED) is 0.443. The van der Waals surface area contributed by atoms with Crippen LogP contribution in [0.3, 0.4) is 0 Å². The molecule has 0 radical (unpaired) electrons. The molecule has 9 heteroatoms. The van der Waals surface area contributed by atoms with Gasteiger partial charge in [0.05, 0.1) is 39.1 Å². The first-order valence-corrected chi connectivity index (χ1v) is 8.66. The molecule has 0 bridgehead atoms. The van der Waals surface area contributed by atoms with Crippen molar-refractivity contribution in [3.05, 3.63) is 70.2 Å². The summed E-state index contributed by atoms with van der Waals surface area (Å²) >= 11 is 0. The van der Waals surface area contributed by atoms with Crippen LogP contribution in [-0.2, 0) is 16.1 Å². The second-order valence-electron chi connectivity index (χ2n) is 5.96. The van der Waals surface area contributed by atoms with Crippen LogP contribution in [0.2, 0.25) is 0 Å². The fraction of sp³-hybridized carbons (Fsp3) is 0.200. The molecule has 2 aromatic carbocycles. The predicted octanol–water partition coefficient (Wildman–Crippen LogP) is 1.70. The largest absolute Gasteiger partial charge is 0.497 e. The molecule has 0 amide bonds. The maximum Gasteiger partial charge on any atom is 0.368 e. The van der Waals surface area contributed by atoms with Crippen molar-refractivity contribution in [2.45, 2.75) is 6.54 Å². The normalized spacial score (nSPS) is 11.2. The molecule has 3 aromatic rings. The van der Waals surface area contributed by atoms with Crippen LogP contribution in [0.15, 0.2) is 58.9 Å². The number of methoxy groups -OCH3 is 3. The third-order valence-electron chi connectivity index (χ3n) is 4.18. The molecule has 0 unspecified atom stereocenters. The van der Waals surface area contributed by atoms with Gasteiger partial charge in [-0.3, -0.25) is 0 Å². The van der Waals surface area contributed by atoms with E-state index < -0.39 is 11.7 Å². The first-order chi connectivity index (χ1) is 14.0. The number of rotatable bonds is 7. The van der Waals surface area contributed by atoms with E-state index in [1.165, 1.54) is 7.11 Å². The van der Waals surface area contributed by atoms with Crippen molar-refractivity contribution in [2.75, 3.05) is 21.3 Å². The first-order valence-electron chi connectivity index (χ1n) is 8.66.